The first-order valence-electron chi connectivity index (χ1n) is 8.53. The van der Waals surface area contributed by atoms with Gasteiger partial charge < -0.3 is 19.7 Å². The van der Waals surface area contributed by atoms with Crippen molar-refractivity contribution in [1.29, 1.82) is 0 Å². The van der Waals surface area contributed by atoms with Gasteiger partial charge in [-0.1, -0.05) is 0 Å². The van der Waals surface area contributed by atoms with Crippen LogP contribution in [0.3, 0.4) is 0 Å². The molecule has 2 amide bonds. The number of nitrogens with zero attached hydrogens (tertiary/aromatic N) is 1. The van der Waals surface area contributed by atoms with Crippen molar-refractivity contribution < 1.29 is 32.2 Å². The molecule has 0 radical (unpaired) electrons. The van der Waals surface area contributed by atoms with Crippen molar-refractivity contribution in [2.45, 2.75) is 39.4 Å². The van der Waals surface area contributed by atoms with Crippen LogP contribution in [0.25, 0.3) is 0 Å². The minimum Gasteiger partial charge on any atom is -0.493 e. The summed E-state index contributed by atoms with van der Waals surface area (Å²) >= 11 is 0. The second kappa shape index (κ2) is 10.0. The number of amides is 2. The number of carbonyl (C=O) groups excluding carboxylic acids is 2. The number of hydrogen-bond donors (Lipinski definition) is 1. The summed E-state index contributed by atoms with van der Waals surface area (Å²) in [7, 11) is 1.37. The van der Waals surface area contributed by atoms with E-state index in [1.165, 1.54) is 25.3 Å². The van der Waals surface area contributed by atoms with E-state index >= 15 is 0 Å². The molecule has 0 bridgehead atoms. The van der Waals surface area contributed by atoms with Gasteiger partial charge in [-0.15, -0.1) is 0 Å². The molecular weight excluding hydrogens is 365 g/mol. The highest BCUT2D eigenvalue weighted by Crippen LogP contribution is 2.29. The number of hydrogen-bond acceptors (Lipinski definition) is 4. The Kier molecular flexibility index (Phi) is 8.39. The lowest BCUT2D eigenvalue weighted by Crippen LogP contribution is -2.34. The number of rotatable bonds is 9. The third kappa shape index (κ3) is 7.76. The number of nitrogens with one attached hydrogen (secondary N) is 1. The molecule has 0 spiro atoms. The molecular formula is C18H25F3N2O4. The van der Waals surface area contributed by atoms with Crippen LogP contribution in [-0.4, -0.2) is 55.7 Å². The number of ether oxygens (including phenoxy) is 2. The van der Waals surface area contributed by atoms with Crippen molar-refractivity contribution in [1.82, 2.24) is 10.2 Å². The van der Waals surface area contributed by atoms with Crippen LogP contribution in [-0.2, 0) is 4.79 Å². The molecule has 1 N–H and O–H groups in total. The fraction of sp³-hybridized carbons (Fsp3) is 0.556. The van der Waals surface area contributed by atoms with Gasteiger partial charge in [0.1, 0.15) is 0 Å². The smallest absolute Gasteiger partial charge is 0.390 e. The zero-order valence-corrected chi connectivity index (χ0v) is 15.9. The number of benzene rings is 1. The maximum Gasteiger partial charge on any atom is 0.390 e. The summed E-state index contributed by atoms with van der Waals surface area (Å²) in [5.41, 5.74) is 0.176. The summed E-state index contributed by atoms with van der Waals surface area (Å²) < 4.78 is 47.8. The molecule has 6 nitrogen and oxygen atoms in total. The van der Waals surface area contributed by atoms with Crippen LogP contribution < -0.4 is 14.8 Å². The first-order valence-corrected chi connectivity index (χ1v) is 8.53. The third-order valence-corrected chi connectivity index (χ3v) is 3.55. The topological polar surface area (TPSA) is 67.9 Å². The molecule has 0 saturated heterocycles. The zero-order valence-electron chi connectivity index (χ0n) is 15.9. The standard InChI is InChI=1S/C18H25F3N2O4/c1-5-23(9-8-18(19,20)21)17(25)13-6-7-14(15(10-13)26-4)27-11-16(24)22-12(2)3/h6-7,10,12H,5,8-9,11H2,1-4H3,(H,22,24). The van der Waals surface area contributed by atoms with Crippen LogP contribution >= 0.6 is 0 Å². The van der Waals surface area contributed by atoms with E-state index in [4.69, 9.17) is 9.47 Å². The van der Waals surface area contributed by atoms with Crippen molar-refractivity contribution in [3.8, 4) is 11.5 Å². The van der Waals surface area contributed by atoms with Gasteiger partial charge in [0.2, 0.25) is 0 Å². The molecule has 0 atom stereocenters. The van der Waals surface area contributed by atoms with E-state index < -0.39 is 25.0 Å². The predicted octanol–water partition coefficient (Wildman–Crippen LogP) is 3.01. The third-order valence-electron chi connectivity index (χ3n) is 3.55. The molecule has 0 aliphatic heterocycles. The summed E-state index contributed by atoms with van der Waals surface area (Å²) in [6.45, 7) is 4.73. The highest BCUT2D eigenvalue weighted by atomic mass is 19.4. The summed E-state index contributed by atoms with van der Waals surface area (Å²) in [5.74, 6) is -0.378. The normalized spacial score (nSPS) is 11.3. The molecule has 1 aromatic carbocycles. The Morgan fingerprint density at radius 2 is 1.89 bits per heavy atom. The van der Waals surface area contributed by atoms with Gasteiger partial charge in [-0.25, -0.2) is 0 Å². The monoisotopic (exact) mass is 390 g/mol. The van der Waals surface area contributed by atoms with Gasteiger partial charge in [0, 0.05) is 24.7 Å². The zero-order chi connectivity index (χ0) is 20.6. The molecule has 0 unspecified atom stereocenters. The van der Waals surface area contributed by atoms with E-state index in [-0.39, 0.29) is 42.2 Å². The Bertz CT molecular complexity index is 648. The van der Waals surface area contributed by atoms with Gasteiger partial charge in [0.05, 0.1) is 13.5 Å². The van der Waals surface area contributed by atoms with E-state index in [2.05, 4.69) is 5.32 Å². The quantitative estimate of drug-likeness (QED) is 0.704. The fourth-order valence-electron chi connectivity index (χ4n) is 2.27. The number of carbonyl (C=O) groups is 2. The van der Waals surface area contributed by atoms with Gasteiger partial charge >= 0.3 is 6.18 Å². The van der Waals surface area contributed by atoms with Crippen LogP contribution in [0.2, 0.25) is 0 Å². The molecule has 0 aliphatic rings. The number of methoxy groups -OCH3 is 1. The van der Waals surface area contributed by atoms with Gasteiger partial charge in [0.25, 0.3) is 11.8 Å². The molecule has 1 rings (SSSR count). The molecule has 0 aromatic heterocycles. The Labute approximate surface area is 156 Å². The summed E-state index contributed by atoms with van der Waals surface area (Å²) in [6, 6.07) is 4.23. The Balaban J connectivity index is 2.85. The molecule has 1 aromatic rings. The van der Waals surface area contributed by atoms with Crippen molar-refractivity contribution in [2.24, 2.45) is 0 Å². The lowest BCUT2D eigenvalue weighted by atomic mass is 10.1. The van der Waals surface area contributed by atoms with Gasteiger partial charge in [-0.05, 0) is 39.0 Å². The Morgan fingerprint density at radius 1 is 1.22 bits per heavy atom. The highest BCUT2D eigenvalue weighted by Gasteiger charge is 2.29. The molecule has 0 heterocycles. The molecule has 152 valence electrons. The van der Waals surface area contributed by atoms with E-state index in [0.29, 0.717) is 0 Å². The average Bonchev–Trinajstić information content (AvgIpc) is 2.58. The molecule has 27 heavy (non-hydrogen) atoms. The summed E-state index contributed by atoms with van der Waals surface area (Å²) in [6.07, 6.45) is -5.41. The first-order chi connectivity index (χ1) is 12.6. The van der Waals surface area contributed by atoms with Crippen molar-refractivity contribution >= 4 is 11.8 Å². The van der Waals surface area contributed by atoms with Gasteiger partial charge in [0.15, 0.2) is 18.1 Å². The number of halogens is 3. The molecule has 9 heteroatoms. The van der Waals surface area contributed by atoms with Gasteiger partial charge in [-0.3, -0.25) is 9.59 Å². The minimum atomic E-state index is -4.33. The Hall–Kier alpha value is -2.45. The second-order valence-corrected chi connectivity index (χ2v) is 6.13. The largest absolute Gasteiger partial charge is 0.493 e. The van der Waals surface area contributed by atoms with E-state index in [1.54, 1.807) is 6.92 Å². The number of alkyl halides is 3. The average molecular weight is 390 g/mol. The second-order valence-electron chi connectivity index (χ2n) is 6.13. The van der Waals surface area contributed by atoms with Crippen LogP contribution in [0, 0.1) is 0 Å². The van der Waals surface area contributed by atoms with Crippen LogP contribution in [0.4, 0.5) is 13.2 Å². The maximum absolute atomic E-state index is 12.5. The summed E-state index contributed by atoms with van der Waals surface area (Å²) in [5, 5.41) is 2.67. The lowest BCUT2D eigenvalue weighted by Gasteiger charge is -2.22. The minimum absolute atomic E-state index is 0.0280. The van der Waals surface area contributed by atoms with Crippen LogP contribution in [0.15, 0.2) is 18.2 Å². The van der Waals surface area contributed by atoms with Crippen molar-refractivity contribution in [3.05, 3.63) is 23.8 Å². The first kappa shape index (κ1) is 22.6. The Morgan fingerprint density at radius 3 is 2.41 bits per heavy atom. The van der Waals surface area contributed by atoms with Crippen molar-refractivity contribution in [3.63, 3.8) is 0 Å². The van der Waals surface area contributed by atoms with E-state index in [9.17, 15) is 22.8 Å². The molecule has 0 fully saturated rings. The van der Waals surface area contributed by atoms with E-state index in [0.717, 1.165) is 4.90 Å². The van der Waals surface area contributed by atoms with E-state index in [1.807, 2.05) is 13.8 Å². The highest BCUT2D eigenvalue weighted by molar-refractivity contribution is 5.95. The maximum atomic E-state index is 12.5. The SMILES string of the molecule is CCN(CCC(F)(F)F)C(=O)c1ccc(OCC(=O)NC(C)C)c(OC)c1. The summed E-state index contributed by atoms with van der Waals surface area (Å²) in [4.78, 5) is 25.2. The predicted molar refractivity (Wildman–Crippen MR) is 94.0 cm³/mol. The van der Waals surface area contributed by atoms with Crippen molar-refractivity contribution in [2.75, 3.05) is 26.8 Å². The van der Waals surface area contributed by atoms with Crippen LogP contribution in [0.5, 0.6) is 11.5 Å². The van der Waals surface area contributed by atoms with Gasteiger partial charge in [-0.2, -0.15) is 13.2 Å². The van der Waals surface area contributed by atoms with Crippen LogP contribution in [0.1, 0.15) is 37.6 Å². The lowest BCUT2D eigenvalue weighted by molar-refractivity contribution is -0.136. The molecule has 0 saturated carbocycles. The molecule has 0 aliphatic carbocycles. The fourth-order valence-corrected chi connectivity index (χ4v) is 2.27.